The molecule has 2 rings (SSSR count). The molecule has 1 unspecified atom stereocenters. The van der Waals surface area contributed by atoms with Gasteiger partial charge in [0.2, 0.25) is 0 Å². The first-order chi connectivity index (χ1) is 11.2. The highest BCUT2D eigenvalue weighted by molar-refractivity contribution is 5.68. The molecule has 0 radical (unpaired) electrons. The average Bonchev–Trinajstić information content (AvgIpc) is 2.60. The molecule has 1 fully saturated rings. The van der Waals surface area contributed by atoms with Gasteiger partial charge >= 0.3 is 6.09 Å². The second-order valence-corrected chi connectivity index (χ2v) is 6.07. The van der Waals surface area contributed by atoms with Gasteiger partial charge in [-0.15, -0.1) is 0 Å². The molecule has 1 heterocycles. The Morgan fingerprint density at radius 3 is 2.83 bits per heavy atom. The molecule has 0 bridgehead atoms. The van der Waals surface area contributed by atoms with Crippen LogP contribution in [0.15, 0.2) is 30.3 Å². The van der Waals surface area contributed by atoms with Crippen LogP contribution in [-0.4, -0.2) is 54.7 Å². The minimum absolute atomic E-state index is 0.192. The van der Waals surface area contributed by atoms with E-state index in [1.807, 2.05) is 35.2 Å². The lowest BCUT2D eigenvalue weighted by Gasteiger charge is -2.37. The Bertz CT molecular complexity index is 467. The number of carbonyl (C=O) groups is 1. The molecule has 5 heteroatoms. The number of amides is 1. The third kappa shape index (κ3) is 5.52. The first kappa shape index (κ1) is 17.8. The highest BCUT2D eigenvalue weighted by Crippen LogP contribution is 2.19. The average molecular weight is 319 g/mol. The van der Waals surface area contributed by atoms with Crippen molar-refractivity contribution < 1.29 is 9.53 Å². The van der Waals surface area contributed by atoms with E-state index in [-0.39, 0.29) is 12.1 Å². The molecule has 0 aromatic heterocycles. The largest absolute Gasteiger partial charge is 0.445 e. The molecule has 0 aliphatic carbocycles. The molecule has 1 aromatic rings. The Hall–Kier alpha value is -1.59. The fraction of sp³-hybridized carbons (Fsp3) is 0.611. The summed E-state index contributed by atoms with van der Waals surface area (Å²) in [5, 5.41) is 0. The van der Waals surface area contributed by atoms with E-state index in [1.165, 1.54) is 6.42 Å². The van der Waals surface area contributed by atoms with Gasteiger partial charge in [-0.25, -0.2) is 4.79 Å². The first-order valence-corrected chi connectivity index (χ1v) is 8.64. The number of nitrogens with two attached hydrogens (primary N) is 1. The lowest BCUT2D eigenvalue weighted by atomic mass is 10.0. The van der Waals surface area contributed by atoms with Gasteiger partial charge in [0.05, 0.1) is 0 Å². The number of rotatable bonds is 7. The quantitative estimate of drug-likeness (QED) is 0.839. The number of piperidine rings is 1. The van der Waals surface area contributed by atoms with Crippen LogP contribution in [0.2, 0.25) is 0 Å². The summed E-state index contributed by atoms with van der Waals surface area (Å²) in [5.41, 5.74) is 6.69. The van der Waals surface area contributed by atoms with Gasteiger partial charge in [-0.1, -0.05) is 37.3 Å². The van der Waals surface area contributed by atoms with E-state index >= 15 is 0 Å². The molecule has 1 aliphatic heterocycles. The highest BCUT2D eigenvalue weighted by atomic mass is 16.6. The zero-order valence-corrected chi connectivity index (χ0v) is 14.1. The molecule has 128 valence electrons. The number of benzene rings is 1. The molecule has 0 saturated carbocycles. The molecule has 1 amide bonds. The molecular weight excluding hydrogens is 290 g/mol. The zero-order valence-electron chi connectivity index (χ0n) is 14.1. The smallest absolute Gasteiger partial charge is 0.410 e. The number of carbonyl (C=O) groups excluding carboxylic acids is 1. The number of likely N-dealkylation sites (tertiary alicyclic amines) is 1. The second kappa shape index (κ2) is 9.53. The summed E-state index contributed by atoms with van der Waals surface area (Å²) in [6, 6.07) is 10.1. The predicted molar refractivity (Wildman–Crippen MR) is 92.1 cm³/mol. The topological polar surface area (TPSA) is 58.8 Å². The maximum absolute atomic E-state index is 12.5. The summed E-state index contributed by atoms with van der Waals surface area (Å²) in [6.45, 7) is 6.63. The van der Waals surface area contributed by atoms with Gasteiger partial charge in [0.1, 0.15) is 6.61 Å². The van der Waals surface area contributed by atoms with E-state index in [2.05, 4.69) is 11.8 Å². The number of nitrogens with zero attached hydrogens (tertiary/aromatic N) is 2. The third-order valence-corrected chi connectivity index (χ3v) is 4.43. The Balaban J connectivity index is 1.90. The molecule has 23 heavy (non-hydrogen) atoms. The molecule has 1 aliphatic rings. The highest BCUT2D eigenvalue weighted by Gasteiger charge is 2.28. The summed E-state index contributed by atoms with van der Waals surface area (Å²) >= 11 is 0. The normalized spacial score (nSPS) is 18.2. The molecule has 2 N–H and O–H groups in total. The Labute approximate surface area is 139 Å². The van der Waals surface area contributed by atoms with Crippen molar-refractivity contribution in [2.45, 2.75) is 38.8 Å². The van der Waals surface area contributed by atoms with Crippen molar-refractivity contribution in [3.63, 3.8) is 0 Å². The van der Waals surface area contributed by atoms with Gasteiger partial charge in [-0.05, 0) is 31.4 Å². The molecule has 1 atom stereocenters. The minimum Gasteiger partial charge on any atom is -0.445 e. The maximum Gasteiger partial charge on any atom is 0.410 e. The van der Waals surface area contributed by atoms with Gasteiger partial charge in [-0.2, -0.15) is 0 Å². The molecule has 5 nitrogen and oxygen atoms in total. The SMILES string of the molecule is CCN(CCN)CC1CCCCN1C(=O)OCc1ccccc1. The Morgan fingerprint density at radius 1 is 1.35 bits per heavy atom. The van der Waals surface area contributed by atoms with Gasteiger partial charge in [0.25, 0.3) is 0 Å². The first-order valence-electron chi connectivity index (χ1n) is 8.64. The van der Waals surface area contributed by atoms with Crippen molar-refractivity contribution in [2.75, 3.05) is 32.7 Å². The monoisotopic (exact) mass is 319 g/mol. The van der Waals surface area contributed by atoms with Crippen LogP contribution < -0.4 is 5.73 Å². The molecule has 1 aromatic carbocycles. The lowest BCUT2D eigenvalue weighted by molar-refractivity contribution is 0.0572. The van der Waals surface area contributed by atoms with Crippen molar-refractivity contribution in [3.05, 3.63) is 35.9 Å². The van der Waals surface area contributed by atoms with Gasteiger partial charge in [-0.3, -0.25) is 0 Å². The molecular formula is C18H29N3O2. The Morgan fingerprint density at radius 2 is 2.13 bits per heavy atom. The lowest BCUT2D eigenvalue weighted by Crippen LogP contribution is -2.50. The number of likely N-dealkylation sites (N-methyl/N-ethyl adjacent to an activating group) is 1. The van der Waals surface area contributed by atoms with E-state index in [4.69, 9.17) is 10.5 Å². The van der Waals surface area contributed by atoms with E-state index in [9.17, 15) is 4.79 Å². The van der Waals surface area contributed by atoms with E-state index in [1.54, 1.807) is 0 Å². The number of hydrogen-bond donors (Lipinski definition) is 1. The number of hydrogen-bond acceptors (Lipinski definition) is 4. The van der Waals surface area contributed by atoms with Crippen molar-refractivity contribution >= 4 is 6.09 Å². The van der Waals surface area contributed by atoms with Crippen LogP contribution >= 0.6 is 0 Å². The van der Waals surface area contributed by atoms with Crippen LogP contribution in [-0.2, 0) is 11.3 Å². The maximum atomic E-state index is 12.5. The van der Waals surface area contributed by atoms with Gasteiger partial charge in [0.15, 0.2) is 0 Å². The van der Waals surface area contributed by atoms with Crippen LogP contribution in [0, 0.1) is 0 Å². The van der Waals surface area contributed by atoms with E-state index < -0.39 is 0 Å². The summed E-state index contributed by atoms with van der Waals surface area (Å²) in [6.07, 6.45) is 3.08. The van der Waals surface area contributed by atoms with Crippen LogP contribution in [0.1, 0.15) is 31.7 Å². The summed E-state index contributed by atoms with van der Waals surface area (Å²) < 4.78 is 5.52. The van der Waals surface area contributed by atoms with Crippen molar-refractivity contribution in [2.24, 2.45) is 5.73 Å². The number of ether oxygens (including phenoxy) is 1. The summed E-state index contributed by atoms with van der Waals surface area (Å²) in [7, 11) is 0. The van der Waals surface area contributed by atoms with Crippen molar-refractivity contribution in [3.8, 4) is 0 Å². The van der Waals surface area contributed by atoms with Crippen LogP contribution in [0.25, 0.3) is 0 Å². The van der Waals surface area contributed by atoms with Crippen LogP contribution in [0.4, 0.5) is 4.79 Å². The van der Waals surface area contributed by atoms with Crippen molar-refractivity contribution in [1.82, 2.24) is 9.80 Å². The fourth-order valence-electron chi connectivity index (χ4n) is 3.09. The minimum atomic E-state index is -0.192. The summed E-state index contributed by atoms with van der Waals surface area (Å²) in [5.74, 6) is 0. The summed E-state index contributed by atoms with van der Waals surface area (Å²) in [4.78, 5) is 16.7. The molecule has 1 saturated heterocycles. The van der Waals surface area contributed by atoms with Gasteiger partial charge in [0, 0.05) is 32.2 Å². The van der Waals surface area contributed by atoms with Crippen LogP contribution in [0.3, 0.4) is 0 Å². The van der Waals surface area contributed by atoms with Crippen molar-refractivity contribution in [1.29, 1.82) is 0 Å². The van der Waals surface area contributed by atoms with Gasteiger partial charge < -0.3 is 20.3 Å². The van der Waals surface area contributed by atoms with E-state index in [0.29, 0.717) is 13.2 Å². The fourth-order valence-corrected chi connectivity index (χ4v) is 3.09. The predicted octanol–water partition coefficient (Wildman–Crippen LogP) is 2.46. The Kier molecular flexibility index (Phi) is 7.36. The second-order valence-electron chi connectivity index (χ2n) is 6.07. The van der Waals surface area contributed by atoms with Crippen LogP contribution in [0.5, 0.6) is 0 Å². The molecule has 0 spiro atoms. The standard InChI is InChI=1S/C18H29N3O2/c1-2-20(13-11-19)14-17-10-6-7-12-21(17)18(22)23-15-16-8-4-3-5-9-16/h3-5,8-9,17H,2,6-7,10-15,19H2,1H3. The third-order valence-electron chi connectivity index (χ3n) is 4.43. The van der Waals surface area contributed by atoms with E-state index in [0.717, 1.165) is 44.6 Å². The zero-order chi connectivity index (χ0) is 16.5.